The molecule has 2 aliphatic rings. The van der Waals surface area contributed by atoms with Gasteiger partial charge in [-0.3, -0.25) is 14.9 Å². The first-order valence-electron chi connectivity index (χ1n) is 12.4. The van der Waals surface area contributed by atoms with E-state index in [2.05, 4.69) is 10.6 Å². The first-order valence-corrected chi connectivity index (χ1v) is 12.4. The van der Waals surface area contributed by atoms with Crippen LogP contribution in [0.4, 0.5) is 9.59 Å². The van der Waals surface area contributed by atoms with Crippen molar-refractivity contribution in [3.05, 3.63) is 12.2 Å². The Balaban J connectivity index is 2.29. The molecule has 35 heavy (non-hydrogen) atoms. The van der Waals surface area contributed by atoms with Crippen molar-refractivity contribution >= 4 is 23.8 Å². The van der Waals surface area contributed by atoms with E-state index in [1.165, 1.54) is 9.80 Å². The molecule has 2 bridgehead atoms. The number of ether oxygens (including phenoxy) is 2. The van der Waals surface area contributed by atoms with Gasteiger partial charge in [-0.15, -0.1) is 0 Å². The fourth-order valence-corrected chi connectivity index (χ4v) is 4.66. The second-order valence-electron chi connectivity index (χ2n) is 10.3. The summed E-state index contributed by atoms with van der Waals surface area (Å²) in [6.07, 6.45) is 3.76. The molecule has 0 saturated carbocycles. The summed E-state index contributed by atoms with van der Waals surface area (Å²) in [6.45, 7) is 10.5. The average molecular weight is 495 g/mol. The van der Waals surface area contributed by atoms with Crippen LogP contribution in [0.25, 0.3) is 0 Å². The Bertz CT molecular complexity index is 814. The van der Waals surface area contributed by atoms with Gasteiger partial charge in [0.05, 0.1) is 17.6 Å². The van der Waals surface area contributed by atoms with E-state index in [1.807, 2.05) is 34.6 Å². The summed E-state index contributed by atoms with van der Waals surface area (Å²) in [5.41, 5.74) is -1.85. The van der Waals surface area contributed by atoms with Gasteiger partial charge in [-0.2, -0.15) is 0 Å². The van der Waals surface area contributed by atoms with Crippen molar-refractivity contribution in [1.29, 1.82) is 0 Å². The number of carbonyl (C=O) groups excluding carboxylic acids is 4. The first kappa shape index (κ1) is 28.8. The minimum atomic E-state index is -0.999. The van der Waals surface area contributed by atoms with Gasteiger partial charge in [0.15, 0.2) is 11.6 Å². The fourth-order valence-electron chi connectivity index (χ4n) is 4.66. The molecule has 2 amide bonds. The summed E-state index contributed by atoms with van der Waals surface area (Å²) >= 11 is 0. The quantitative estimate of drug-likeness (QED) is 0.571. The zero-order valence-corrected chi connectivity index (χ0v) is 22.0. The maximum atomic E-state index is 13.5. The molecule has 2 atom stereocenters. The Morgan fingerprint density at radius 1 is 1.03 bits per heavy atom. The minimum Gasteiger partial charge on any atom is -0.445 e. The molecule has 2 aliphatic heterocycles. The normalized spacial score (nSPS) is 27.9. The summed E-state index contributed by atoms with van der Waals surface area (Å²) in [6, 6.07) is 0.0584. The smallest absolute Gasteiger partial charge is 0.410 e. The summed E-state index contributed by atoms with van der Waals surface area (Å²) in [7, 11) is 1.65. The number of carbonyl (C=O) groups is 4. The molecule has 10 heteroatoms. The van der Waals surface area contributed by atoms with Crippen molar-refractivity contribution < 1.29 is 28.7 Å². The maximum Gasteiger partial charge on any atom is 0.410 e. The van der Waals surface area contributed by atoms with E-state index in [9.17, 15) is 19.2 Å². The second kappa shape index (κ2) is 12.5. The third kappa shape index (κ3) is 7.76. The monoisotopic (exact) mass is 494 g/mol. The number of ketones is 2. The number of hydrogen-bond acceptors (Lipinski definition) is 8. The van der Waals surface area contributed by atoms with Crippen molar-refractivity contribution in [3.8, 4) is 0 Å². The molecule has 0 aromatic carbocycles. The third-order valence-electron chi connectivity index (χ3n) is 6.59. The fraction of sp³-hybridized carbons (Fsp3) is 0.760. The minimum absolute atomic E-state index is 0.0157. The van der Waals surface area contributed by atoms with Crippen LogP contribution < -0.4 is 10.6 Å². The molecule has 0 unspecified atom stereocenters. The largest absolute Gasteiger partial charge is 0.445 e. The molecule has 1 fully saturated rings. The van der Waals surface area contributed by atoms with Crippen molar-refractivity contribution in [1.82, 2.24) is 20.4 Å². The highest BCUT2D eigenvalue weighted by molar-refractivity contribution is 5.94. The van der Waals surface area contributed by atoms with Crippen LogP contribution >= 0.6 is 0 Å². The Morgan fingerprint density at radius 2 is 1.66 bits per heavy atom. The number of nitrogens with one attached hydrogen (secondary N) is 2. The van der Waals surface area contributed by atoms with E-state index in [-0.39, 0.29) is 49.8 Å². The molecule has 0 radical (unpaired) electrons. The van der Waals surface area contributed by atoms with E-state index in [1.54, 1.807) is 19.2 Å². The SMILES string of the molecule is CC(C)N[C@]1(C)CCCN(C)C(=O)OCC=CCOC(=O)N2CC[C@@](C(=O)C(C)C)(C2)NCC1=O. The first-order chi connectivity index (χ1) is 16.4. The number of Topliss-reactive ketones (excluding diaryl/α,β-unsaturated/α-hetero) is 2. The Labute approximate surface area is 208 Å². The molecule has 0 aromatic heterocycles. The number of rotatable bonds is 4. The Morgan fingerprint density at radius 3 is 2.26 bits per heavy atom. The zero-order chi connectivity index (χ0) is 26.2. The van der Waals surface area contributed by atoms with Gasteiger partial charge in [-0.25, -0.2) is 9.59 Å². The lowest BCUT2D eigenvalue weighted by atomic mass is 9.84. The summed E-state index contributed by atoms with van der Waals surface area (Å²) in [5, 5.41) is 6.62. The van der Waals surface area contributed by atoms with Crippen LogP contribution in [0.2, 0.25) is 0 Å². The van der Waals surface area contributed by atoms with Crippen LogP contribution in [-0.4, -0.2) is 97.1 Å². The molecule has 198 valence electrons. The summed E-state index contributed by atoms with van der Waals surface area (Å²) in [4.78, 5) is 54.5. The number of nitrogens with zero attached hydrogens (tertiary/aromatic N) is 2. The predicted molar refractivity (Wildman–Crippen MR) is 132 cm³/mol. The second-order valence-corrected chi connectivity index (χ2v) is 10.3. The van der Waals surface area contributed by atoms with E-state index < -0.39 is 23.3 Å². The van der Waals surface area contributed by atoms with Crippen LogP contribution in [0.15, 0.2) is 12.2 Å². The number of hydrogen-bond donors (Lipinski definition) is 2. The summed E-state index contributed by atoms with van der Waals surface area (Å²) < 4.78 is 10.5. The van der Waals surface area contributed by atoms with E-state index in [0.717, 1.165) is 0 Å². The van der Waals surface area contributed by atoms with Gasteiger partial charge in [0.25, 0.3) is 0 Å². The molecule has 10 nitrogen and oxygen atoms in total. The molecular weight excluding hydrogens is 452 g/mol. The topological polar surface area (TPSA) is 117 Å². The van der Waals surface area contributed by atoms with Crippen molar-refractivity contribution in [3.63, 3.8) is 0 Å². The number of amides is 2. The van der Waals surface area contributed by atoms with Crippen molar-refractivity contribution in [2.75, 3.05) is 46.4 Å². The highest BCUT2D eigenvalue weighted by Gasteiger charge is 2.47. The van der Waals surface area contributed by atoms with E-state index >= 15 is 0 Å². The van der Waals surface area contributed by atoms with E-state index in [0.29, 0.717) is 32.4 Å². The third-order valence-corrected chi connectivity index (χ3v) is 6.59. The van der Waals surface area contributed by atoms with Gasteiger partial charge in [0.2, 0.25) is 0 Å². The molecular formula is C25H42N4O6. The molecule has 2 rings (SSSR count). The Hall–Kier alpha value is -2.46. The van der Waals surface area contributed by atoms with Crippen LogP contribution in [0.5, 0.6) is 0 Å². The Kier molecular flexibility index (Phi) is 10.3. The highest BCUT2D eigenvalue weighted by Crippen LogP contribution is 2.27. The molecule has 1 saturated heterocycles. The van der Waals surface area contributed by atoms with Crippen LogP contribution in [-0.2, 0) is 19.1 Å². The lowest BCUT2D eigenvalue weighted by Crippen LogP contribution is -2.61. The number of fused-ring (bicyclic) bond motifs is 2. The van der Waals surface area contributed by atoms with Gasteiger partial charge < -0.3 is 24.6 Å². The van der Waals surface area contributed by atoms with Gasteiger partial charge in [-0.1, -0.05) is 13.8 Å². The van der Waals surface area contributed by atoms with E-state index in [4.69, 9.17) is 9.47 Å². The predicted octanol–water partition coefficient (Wildman–Crippen LogP) is 2.13. The standard InChI is InChI=1S/C25H42N4O6/c1-18(2)21(31)25-11-13-29(17-25)23(33)35-15-8-7-14-34-22(32)28(6)12-9-10-24(5,27-19(3)4)20(30)16-26-25/h7-8,18-19,26-27H,9-17H2,1-6H3/t24-,25+/m1/s1. The maximum absolute atomic E-state index is 13.5. The van der Waals surface area contributed by atoms with Crippen LogP contribution in [0.1, 0.15) is 53.9 Å². The van der Waals surface area contributed by atoms with Crippen LogP contribution in [0.3, 0.4) is 0 Å². The number of cyclic esters (lactones) is 2. The van der Waals surface area contributed by atoms with Gasteiger partial charge in [0, 0.05) is 38.6 Å². The summed E-state index contributed by atoms with van der Waals surface area (Å²) in [5.74, 6) is -0.357. The zero-order valence-electron chi connectivity index (χ0n) is 22.0. The molecule has 2 heterocycles. The van der Waals surface area contributed by atoms with Gasteiger partial charge >= 0.3 is 12.2 Å². The van der Waals surface area contributed by atoms with Gasteiger partial charge in [-0.05, 0) is 52.2 Å². The van der Waals surface area contributed by atoms with Crippen molar-refractivity contribution in [2.24, 2.45) is 5.92 Å². The van der Waals surface area contributed by atoms with Crippen molar-refractivity contribution in [2.45, 2.75) is 71.0 Å². The molecule has 2 N–H and O–H groups in total. The molecule has 0 aliphatic carbocycles. The van der Waals surface area contributed by atoms with Crippen LogP contribution in [0, 0.1) is 5.92 Å². The average Bonchev–Trinajstić information content (AvgIpc) is 3.23. The van der Waals surface area contributed by atoms with Gasteiger partial charge in [0.1, 0.15) is 13.2 Å². The molecule has 0 spiro atoms. The highest BCUT2D eigenvalue weighted by atomic mass is 16.6. The molecule has 0 aromatic rings. The lowest BCUT2D eigenvalue weighted by molar-refractivity contribution is -0.129. The lowest BCUT2D eigenvalue weighted by Gasteiger charge is -2.35.